The molecule has 0 radical (unpaired) electrons. The second-order valence-electron chi connectivity index (χ2n) is 5.31. The summed E-state index contributed by atoms with van der Waals surface area (Å²) in [6.07, 6.45) is 14.7. The van der Waals surface area contributed by atoms with E-state index in [-0.39, 0.29) is 0 Å². The van der Waals surface area contributed by atoms with Gasteiger partial charge < -0.3 is 4.89 Å². The van der Waals surface area contributed by atoms with Gasteiger partial charge in [-0.05, 0) is 6.42 Å². The summed E-state index contributed by atoms with van der Waals surface area (Å²) < 4.78 is 11.0. The van der Waals surface area contributed by atoms with E-state index in [1.165, 1.54) is 64.5 Å². The van der Waals surface area contributed by atoms with Gasteiger partial charge in [-0.2, -0.15) is 0 Å². The molecule has 1 N–H and O–H groups in total. The number of unbranched alkanes of at least 4 members (excludes halogenated alkanes) is 10. The predicted octanol–water partition coefficient (Wildman–Crippen LogP) is 5.20. The van der Waals surface area contributed by atoms with Gasteiger partial charge in [0.1, 0.15) is 0 Å². The molecule has 0 aliphatic heterocycles. The molecule has 0 amide bonds. The minimum absolute atomic E-state index is 0.504. The van der Waals surface area contributed by atoms with E-state index in [2.05, 4.69) is 6.92 Å². The maximum Gasteiger partial charge on any atom is 0.197 e. The second-order valence-corrected chi connectivity index (χ2v) is 7.86. The summed E-state index contributed by atoms with van der Waals surface area (Å²) in [6, 6.07) is 0. The Labute approximate surface area is 108 Å². The molecule has 0 heterocycles. The van der Waals surface area contributed by atoms with Crippen molar-refractivity contribution >= 4 is 7.37 Å². The van der Waals surface area contributed by atoms with Gasteiger partial charge in [-0.25, -0.2) is 0 Å². The lowest BCUT2D eigenvalue weighted by Gasteiger charge is -2.05. The molecule has 0 spiro atoms. The molecular formula is C14H31O2P. The molecule has 1 unspecified atom stereocenters. The molecular weight excluding hydrogens is 231 g/mol. The van der Waals surface area contributed by atoms with E-state index in [9.17, 15) is 4.57 Å². The summed E-state index contributed by atoms with van der Waals surface area (Å²) in [6.45, 7) is 3.71. The van der Waals surface area contributed by atoms with Crippen LogP contribution in [0, 0.1) is 0 Å². The van der Waals surface area contributed by atoms with Gasteiger partial charge >= 0.3 is 0 Å². The van der Waals surface area contributed by atoms with E-state index in [0.717, 1.165) is 12.8 Å². The largest absolute Gasteiger partial charge is 0.344 e. The van der Waals surface area contributed by atoms with Gasteiger partial charge in [0.05, 0.1) is 0 Å². The van der Waals surface area contributed by atoms with E-state index in [4.69, 9.17) is 4.89 Å². The third-order valence-corrected chi connectivity index (χ3v) is 4.32. The first-order chi connectivity index (χ1) is 8.06. The van der Waals surface area contributed by atoms with E-state index in [1.54, 1.807) is 0 Å². The Kier molecular flexibility index (Phi) is 11.4. The van der Waals surface area contributed by atoms with E-state index >= 15 is 0 Å². The van der Waals surface area contributed by atoms with Crippen molar-refractivity contribution in [3.05, 3.63) is 0 Å². The van der Waals surface area contributed by atoms with Gasteiger partial charge in [-0.15, -0.1) is 0 Å². The molecule has 0 rings (SSSR count). The second kappa shape index (κ2) is 11.3. The van der Waals surface area contributed by atoms with Crippen LogP contribution < -0.4 is 0 Å². The number of rotatable bonds is 12. The first-order valence-corrected chi connectivity index (χ1v) is 9.65. The molecule has 17 heavy (non-hydrogen) atoms. The Morgan fingerprint density at radius 1 is 0.765 bits per heavy atom. The van der Waals surface area contributed by atoms with Crippen molar-refractivity contribution in [1.29, 1.82) is 0 Å². The van der Waals surface area contributed by atoms with Gasteiger partial charge in [0.2, 0.25) is 0 Å². The summed E-state index contributed by atoms with van der Waals surface area (Å²) in [7, 11) is -2.74. The fourth-order valence-corrected chi connectivity index (χ4v) is 2.88. The predicted molar refractivity (Wildman–Crippen MR) is 77.1 cm³/mol. The summed E-state index contributed by atoms with van der Waals surface area (Å²) in [5.74, 6) is 0. The molecule has 0 aromatic heterocycles. The zero-order valence-electron chi connectivity index (χ0n) is 11.8. The molecule has 0 bridgehead atoms. The average molecular weight is 262 g/mol. The molecule has 104 valence electrons. The van der Waals surface area contributed by atoms with Crippen LogP contribution in [0.2, 0.25) is 0 Å². The number of hydrogen-bond donors (Lipinski definition) is 1. The molecule has 0 saturated carbocycles. The highest BCUT2D eigenvalue weighted by Crippen LogP contribution is 2.36. The highest BCUT2D eigenvalue weighted by atomic mass is 31.2. The Hall–Kier alpha value is 0.190. The maximum absolute atomic E-state index is 11.0. The lowest BCUT2D eigenvalue weighted by atomic mass is 10.1. The van der Waals surface area contributed by atoms with Crippen LogP contribution in [0.25, 0.3) is 0 Å². The molecule has 3 heteroatoms. The summed E-state index contributed by atoms with van der Waals surface area (Å²) in [5.41, 5.74) is 0. The van der Waals surface area contributed by atoms with Gasteiger partial charge in [-0.1, -0.05) is 71.1 Å². The van der Waals surface area contributed by atoms with Gasteiger partial charge in [-0.3, -0.25) is 4.57 Å². The molecule has 0 fully saturated rings. The number of hydrogen-bond acceptors (Lipinski definition) is 1. The van der Waals surface area contributed by atoms with E-state index in [1.807, 2.05) is 0 Å². The lowest BCUT2D eigenvalue weighted by molar-refractivity contribution is 0.480. The normalized spacial score (nSPS) is 14.8. The van der Waals surface area contributed by atoms with Crippen molar-refractivity contribution in [2.75, 3.05) is 12.8 Å². The van der Waals surface area contributed by atoms with Crippen LogP contribution in [0.5, 0.6) is 0 Å². The smallest absolute Gasteiger partial charge is 0.197 e. The van der Waals surface area contributed by atoms with Crippen molar-refractivity contribution in [2.45, 2.75) is 77.6 Å². The van der Waals surface area contributed by atoms with Gasteiger partial charge in [0, 0.05) is 12.8 Å². The van der Waals surface area contributed by atoms with Crippen molar-refractivity contribution in [2.24, 2.45) is 0 Å². The quantitative estimate of drug-likeness (QED) is 0.388. The fraction of sp³-hybridized carbons (Fsp3) is 1.00. The zero-order valence-corrected chi connectivity index (χ0v) is 12.7. The summed E-state index contributed by atoms with van der Waals surface area (Å²) in [5, 5.41) is 0. The van der Waals surface area contributed by atoms with Crippen LogP contribution in [-0.4, -0.2) is 17.7 Å². The highest BCUT2D eigenvalue weighted by molar-refractivity contribution is 7.57. The van der Waals surface area contributed by atoms with Gasteiger partial charge in [0.15, 0.2) is 7.37 Å². The first kappa shape index (κ1) is 17.2. The summed E-state index contributed by atoms with van der Waals surface area (Å²) in [4.78, 5) is 9.12. The van der Waals surface area contributed by atoms with Crippen molar-refractivity contribution < 1.29 is 9.46 Å². The molecule has 2 nitrogen and oxygen atoms in total. The lowest BCUT2D eigenvalue weighted by Crippen LogP contribution is -1.88. The molecule has 0 saturated heterocycles. The van der Waals surface area contributed by atoms with Crippen LogP contribution in [0.1, 0.15) is 77.6 Å². The molecule has 0 aliphatic rings. The fourth-order valence-electron chi connectivity index (χ4n) is 2.07. The average Bonchev–Trinajstić information content (AvgIpc) is 2.24. The zero-order chi connectivity index (χ0) is 13.0. The van der Waals surface area contributed by atoms with Gasteiger partial charge in [0.25, 0.3) is 0 Å². The van der Waals surface area contributed by atoms with Crippen LogP contribution in [0.4, 0.5) is 0 Å². The van der Waals surface area contributed by atoms with Crippen LogP contribution in [0.15, 0.2) is 0 Å². The highest BCUT2D eigenvalue weighted by Gasteiger charge is 2.07. The Morgan fingerprint density at radius 2 is 1.12 bits per heavy atom. The SMILES string of the molecule is CCCCCCCCCCCCCP(C)(=O)O. The standard InChI is InChI=1S/C14H31O2P/c1-3-4-5-6-7-8-9-10-11-12-13-14-17(2,15)16/h3-14H2,1-2H3,(H,15,16). The molecule has 0 aromatic rings. The minimum Gasteiger partial charge on any atom is -0.344 e. The Bertz CT molecular complexity index is 198. The monoisotopic (exact) mass is 262 g/mol. The van der Waals surface area contributed by atoms with E-state index < -0.39 is 7.37 Å². The van der Waals surface area contributed by atoms with Crippen molar-refractivity contribution in [1.82, 2.24) is 0 Å². The van der Waals surface area contributed by atoms with Crippen molar-refractivity contribution in [3.8, 4) is 0 Å². The van der Waals surface area contributed by atoms with Crippen LogP contribution in [0.3, 0.4) is 0 Å². The Morgan fingerprint density at radius 3 is 1.47 bits per heavy atom. The third-order valence-electron chi connectivity index (χ3n) is 3.18. The maximum atomic E-state index is 11.0. The van der Waals surface area contributed by atoms with Crippen LogP contribution in [-0.2, 0) is 4.57 Å². The molecule has 0 aliphatic carbocycles. The topological polar surface area (TPSA) is 37.3 Å². The molecule has 1 atom stereocenters. The minimum atomic E-state index is -2.74. The van der Waals surface area contributed by atoms with Crippen molar-refractivity contribution in [3.63, 3.8) is 0 Å². The Balaban J connectivity index is 3.01. The third kappa shape index (κ3) is 16.2. The van der Waals surface area contributed by atoms with Crippen LogP contribution >= 0.6 is 7.37 Å². The first-order valence-electron chi connectivity index (χ1n) is 7.35. The van der Waals surface area contributed by atoms with E-state index in [0.29, 0.717) is 6.16 Å². The molecule has 0 aromatic carbocycles. The summed E-state index contributed by atoms with van der Waals surface area (Å²) >= 11 is 0.